The van der Waals surface area contributed by atoms with Gasteiger partial charge in [-0.2, -0.15) is 0 Å². The minimum absolute atomic E-state index is 0. The molecule has 0 saturated heterocycles. The van der Waals surface area contributed by atoms with Crippen molar-refractivity contribution in [1.29, 1.82) is 0 Å². The Morgan fingerprint density at radius 3 is 0.146 bits per heavy atom. The molecule has 356 valence electrons. The van der Waals surface area contributed by atoms with E-state index in [1.165, 1.54) is 0 Å². The fourth-order valence-corrected chi connectivity index (χ4v) is 0. The minimum atomic E-state index is 0. The van der Waals surface area contributed by atoms with Gasteiger partial charge in [0.05, 0.1) is 0 Å². The van der Waals surface area contributed by atoms with Crippen molar-refractivity contribution in [1.82, 2.24) is 0 Å². The zero-order valence-corrected chi connectivity index (χ0v) is 36.4. The monoisotopic (exact) mass is 1350 g/mol. The summed E-state index contributed by atoms with van der Waals surface area (Å²) in [7, 11) is 0. The molecule has 44 N–H and O–H groups in total. The molecule has 0 radical (unpaired) electrons. The van der Waals surface area contributed by atoms with Gasteiger partial charge in [0.1, 0.15) is 0 Å². The molecule has 0 rings (SSSR count). The molecular formula is H44AlCrMo6O40-27. The van der Waals surface area contributed by atoms with Gasteiger partial charge in [0.25, 0.3) is 0 Å². The van der Waals surface area contributed by atoms with E-state index in [0.717, 1.165) is 0 Å². The predicted octanol–water partition coefficient (Wildman–Crippen LogP) is -17.4. The Balaban J connectivity index is 0. The summed E-state index contributed by atoms with van der Waals surface area (Å²) in [6.07, 6.45) is 0. The van der Waals surface area contributed by atoms with Crippen molar-refractivity contribution in [2.24, 2.45) is 0 Å². The van der Waals surface area contributed by atoms with E-state index >= 15 is 0 Å². The van der Waals surface area contributed by atoms with Gasteiger partial charge in [0, 0.05) is 126 Å². The van der Waals surface area contributed by atoms with Crippen LogP contribution in [0.2, 0.25) is 0 Å². The molecule has 0 fully saturated rings. The van der Waals surface area contributed by atoms with Crippen LogP contribution in [0.3, 0.4) is 0 Å². The summed E-state index contributed by atoms with van der Waals surface area (Å²) in [5, 5.41) is 0. The first kappa shape index (κ1) is 10200. The fourth-order valence-electron chi connectivity index (χ4n) is 0. The van der Waals surface area contributed by atoms with Crippen molar-refractivity contribution >= 4 is 17.4 Å². The third-order valence-corrected chi connectivity index (χ3v) is 0. The first-order valence-electron chi connectivity index (χ1n) is 0. The smallest absolute Gasteiger partial charge is 2.00 e. The molecule has 0 unspecified atom stereocenters. The van der Waals surface area contributed by atoms with Crippen LogP contribution in [0.1, 0.15) is 0 Å². The van der Waals surface area contributed by atoms with Crippen molar-refractivity contribution < 1.29 is 363 Å². The standard InChI is InChI=1S/Al.Cr.6Mo.22H2O.18O/h;;;;;;;;22*1H2;;;;;;;;;;;;;;;;;;/q+3;+6;;;;;;;;;;;;;;;;;;;;;;;;;;;;;18*-2. The van der Waals surface area contributed by atoms with Gasteiger partial charge in [-0.05, 0) is 0 Å². The van der Waals surface area contributed by atoms with E-state index in [0.29, 0.717) is 0 Å². The van der Waals surface area contributed by atoms with Crippen LogP contribution in [0.5, 0.6) is 0 Å². The third-order valence-electron chi connectivity index (χ3n) is 0. The molecule has 48 heavy (non-hydrogen) atoms. The quantitative estimate of drug-likeness (QED) is 0.167. The third kappa shape index (κ3) is 9060. The van der Waals surface area contributed by atoms with Gasteiger partial charge in [-0.25, -0.2) is 0 Å². The van der Waals surface area contributed by atoms with Gasteiger partial charge >= 0.3 is 34.7 Å². The summed E-state index contributed by atoms with van der Waals surface area (Å²) in [5.74, 6) is 0. The molecule has 0 amide bonds. The molecule has 0 aromatic carbocycles. The summed E-state index contributed by atoms with van der Waals surface area (Å²) in [6, 6.07) is 0. The van der Waals surface area contributed by atoms with Gasteiger partial charge in [0.2, 0.25) is 0 Å². The maximum absolute atomic E-state index is 0. The zero-order valence-electron chi connectivity index (χ0n) is 21.9. The van der Waals surface area contributed by atoms with Gasteiger partial charge in [-0.1, -0.05) is 0 Å². The van der Waals surface area contributed by atoms with Crippen LogP contribution in [0.15, 0.2) is 0 Å². The second-order valence-corrected chi connectivity index (χ2v) is 0. The molecule has 0 aliphatic heterocycles. The normalized spacial score (nSPS) is 0. The molecule has 0 saturated carbocycles. The van der Waals surface area contributed by atoms with Crippen LogP contribution >= 0.6 is 0 Å². The SMILES string of the molecule is O.O.O.O.O.O.O.O.O.O.[Al+3].[Cr+6].[Mo].[Mo].[Mo].[Mo].[Mo].[Mo].[O-2].[O-2].[O-2].[O-2].[O-2].[O-2].[O-2].[O-2].[O-2].[O-2].[O-2].[O-2].[O-2].[O-2].[O-2].[O-2].[O-2].[O-2].[OH-].[OH-].[OH-].[OH-].[OH-].[OH-].[OH3+].[OH3+].[OH3+].[OH3+].[OH3+].[OH3+]. The van der Waals surface area contributed by atoms with Crippen molar-refractivity contribution in [2.45, 2.75) is 0 Å². The molecule has 48 heteroatoms. The Hall–Kier alpha value is 3.59. The van der Waals surface area contributed by atoms with Crippen LogP contribution in [0, 0.1) is 0 Å². The Kier molecular flexibility index (Phi) is 2050000. The first-order valence-corrected chi connectivity index (χ1v) is 0. The van der Waals surface area contributed by atoms with Gasteiger partial charge in [0.15, 0.2) is 0 Å². The maximum Gasteiger partial charge on any atom is 6.00 e. The average molecular weight is 1340 g/mol. The Morgan fingerprint density at radius 2 is 0.146 bits per heavy atom. The summed E-state index contributed by atoms with van der Waals surface area (Å²) in [6.45, 7) is 0. The first-order chi connectivity index (χ1) is 0. The summed E-state index contributed by atoms with van der Waals surface area (Å²) >= 11 is 0. The van der Waals surface area contributed by atoms with E-state index in [1.807, 2.05) is 0 Å². The Morgan fingerprint density at radius 1 is 0.146 bits per heavy atom. The number of hydrogen-bond acceptors (Lipinski definition) is 6. The Bertz CT molecular complexity index is 39.7. The zero-order chi connectivity index (χ0) is 0. The van der Waals surface area contributed by atoms with E-state index in [9.17, 15) is 0 Å². The molecule has 0 aromatic heterocycles. The van der Waals surface area contributed by atoms with Crippen molar-refractivity contribution in [3.8, 4) is 0 Å². The molecule has 0 aliphatic carbocycles. The van der Waals surface area contributed by atoms with Gasteiger partial charge in [-0.15, -0.1) is 0 Å². The largest absolute Gasteiger partial charge is 6.00 e. The van der Waals surface area contributed by atoms with Crippen molar-refractivity contribution in [2.75, 3.05) is 0 Å². The van der Waals surface area contributed by atoms with Crippen molar-refractivity contribution in [3.05, 3.63) is 0 Å². The average Bonchev–Trinajstić information content (AvgIpc) is 0. The molecule has 0 bridgehead atoms. The topological polar surface area (TPSA) is 1210 Å². The van der Waals surface area contributed by atoms with E-state index < -0.39 is 0 Å². The van der Waals surface area contributed by atoms with Crippen LogP contribution in [0.25, 0.3) is 0 Å². The van der Waals surface area contributed by atoms with E-state index in [4.69, 9.17) is 0 Å². The molecule has 40 nitrogen and oxygen atoms in total. The van der Waals surface area contributed by atoms with Gasteiger partial charge < -0.3 is 219 Å². The van der Waals surface area contributed by atoms with E-state index in [-0.39, 0.29) is 380 Å². The van der Waals surface area contributed by atoms with Crippen LogP contribution in [0.4, 0.5) is 0 Å². The summed E-state index contributed by atoms with van der Waals surface area (Å²) in [4.78, 5) is 0. The summed E-state index contributed by atoms with van der Waals surface area (Å²) < 4.78 is 0. The second kappa shape index (κ2) is 9630. The molecule has 0 spiro atoms. The van der Waals surface area contributed by atoms with Crippen LogP contribution in [-0.2, 0) is 275 Å². The number of hydrogen-bond donors (Lipinski definition) is 0. The minimum Gasteiger partial charge on any atom is -2.00 e. The molecule has 0 heterocycles. The fraction of sp³-hybridized carbons (Fsp3) is 0. The molecular weight excluding hydrogens is 1290 g/mol. The molecule has 0 atom stereocenters. The van der Waals surface area contributed by atoms with Crippen molar-refractivity contribution in [3.63, 3.8) is 0 Å². The van der Waals surface area contributed by atoms with E-state index in [1.54, 1.807) is 0 Å². The van der Waals surface area contributed by atoms with Crippen LogP contribution < -0.4 is 0 Å². The van der Waals surface area contributed by atoms with Gasteiger partial charge in [-0.3, -0.25) is 0 Å². The predicted molar refractivity (Wildman–Crippen MR) is 95.1 cm³/mol. The van der Waals surface area contributed by atoms with Crippen LogP contribution in [-0.4, -0.2) is 105 Å². The Labute approximate surface area is 377 Å². The summed E-state index contributed by atoms with van der Waals surface area (Å²) in [5.41, 5.74) is 0. The molecule has 0 aromatic rings. The van der Waals surface area contributed by atoms with E-state index in [2.05, 4.69) is 0 Å². The number of rotatable bonds is 0. The second-order valence-electron chi connectivity index (χ2n) is 0. The maximum atomic E-state index is 0. The molecule has 0 aliphatic rings.